The summed E-state index contributed by atoms with van der Waals surface area (Å²) in [6.07, 6.45) is 2.67. The first kappa shape index (κ1) is 11.5. The minimum atomic E-state index is 0.199. The van der Waals surface area contributed by atoms with Crippen molar-refractivity contribution >= 4 is 0 Å². The monoisotopic (exact) mass is 232 g/mol. The zero-order chi connectivity index (χ0) is 12.3. The number of rotatable bonds is 4. The molecule has 1 aromatic carbocycles. The summed E-state index contributed by atoms with van der Waals surface area (Å²) in [5.41, 5.74) is 1.71. The third kappa shape index (κ3) is 2.41. The second-order valence-corrected chi connectivity index (χ2v) is 3.72. The molecule has 2 N–H and O–H groups in total. The van der Waals surface area contributed by atoms with Gasteiger partial charge in [0.25, 0.3) is 0 Å². The lowest BCUT2D eigenvalue weighted by atomic mass is 10.2. The molecule has 0 saturated carbocycles. The molecule has 0 unspecified atom stereocenters. The molecule has 90 valence electrons. The highest BCUT2D eigenvalue weighted by Crippen LogP contribution is 2.30. The van der Waals surface area contributed by atoms with Crippen LogP contribution >= 0.6 is 0 Å². The van der Waals surface area contributed by atoms with Gasteiger partial charge in [-0.1, -0.05) is 6.92 Å². The Balaban J connectivity index is 2.39. The fourth-order valence-corrected chi connectivity index (χ4v) is 1.64. The molecular formula is C13H16N2O2. The van der Waals surface area contributed by atoms with E-state index < -0.39 is 0 Å². The maximum atomic E-state index is 9.82. The predicted octanol–water partition coefficient (Wildman–Crippen LogP) is 2.74. The number of ether oxygens (including phenoxy) is 1. The van der Waals surface area contributed by atoms with Crippen LogP contribution in [0.15, 0.2) is 24.4 Å². The van der Waals surface area contributed by atoms with Crippen molar-refractivity contribution in [2.45, 2.75) is 20.3 Å². The Kier molecular flexibility index (Phi) is 3.32. The minimum Gasteiger partial charge on any atom is -0.507 e. The first-order valence-electron chi connectivity index (χ1n) is 5.74. The topological polar surface area (TPSA) is 58.1 Å². The number of H-pyrrole nitrogens is 1. The number of phenolic OH excluding ortho intramolecular Hbond substituents is 1. The maximum absolute atomic E-state index is 9.82. The largest absolute Gasteiger partial charge is 0.507 e. The van der Waals surface area contributed by atoms with Crippen molar-refractivity contribution in [3.8, 4) is 22.9 Å². The fraction of sp³-hybridized carbons (Fsp3) is 0.308. The molecule has 2 rings (SSSR count). The second kappa shape index (κ2) is 4.91. The molecular weight excluding hydrogens is 216 g/mol. The van der Waals surface area contributed by atoms with Gasteiger partial charge in [-0.15, -0.1) is 0 Å². The molecule has 1 aromatic heterocycles. The third-order valence-electron chi connectivity index (χ3n) is 2.54. The van der Waals surface area contributed by atoms with Crippen LogP contribution < -0.4 is 4.74 Å². The Bertz CT molecular complexity index is 506. The molecule has 0 atom stereocenters. The summed E-state index contributed by atoms with van der Waals surface area (Å²) >= 11 is 0. The lowest BCUT2D eigenvalue weighted by Gasteiger charge is -2.06. The van der Waals surface area contributed by atoms with Crippen LogP contribution in [0.4, 0.5) is 0 Å². The number of hydrogen-bond donors (Lipinski definition) is 2. The quantitative estimate of drug-likeness (QED) is 0.852. The van der Waals surface area contributed by atoms with E-state index in [0.717, 1.165) is 17.9 Å². The summed E-state index contributed by atoms with van der Waals surface area (Å²) in [5.74, 6) is 1.60. The number of phenols is 1. The van der Waals surface area contributed by atoms with Gasteiger partial charge in [-0.3, -0.25) is 0 Å². The van der Waals surface area contributed by atoms with Gasteiger partial charge in [0.15, 0.2) is 0 Å². The van der Waals surface area contributed by atoms with Gasteiger partial charge in [0.1, 0.15) is 17.3 Å². The van der Waals surface area contributed by atoms with Crippen LogP contribution in [-0.4, -0.2) is 21.7 Å². The van der Waals surface area contributed by atoms with E-state index in [1.54, 1.807) is 24.4 Å². The molecule has 4 heteroatoms. The van der Waals surface area contributed by atoms with Crippen LogP contribution in [0.3, 0.4) is 0 Å². The molecule has 0 bridgehead atoms. The lowest BCUT2D eigenvalue weighted by molar-refractivity contribution is 0.339. The van der Waals surface area contributed by atoms with Crippen molar-refractivity contribution in [2.75, 3.05) is 6.61 Å². The van der Waals surface area contributed by atoms with Crippen molar-refractivity contribution in [1.29, 1.82) is 0 Å². The molecule has 2 aromatic rings. The zero-order valence-corrected chi connectivity index (χ0v) is 10.0. The van der Waals surface area contributed by atoms with Gasteiger partial charge in [-0.2, -0.15) is 0 Å². The van der Waals surface area contributed by atoms with Crippen LogP contribution in [0.25, 0.3) is 11.4 Å². The highest BCUT2D eigenvalue weighted by molar-refractivity contribution is 5.66. The lowest BCUT2D eigenvalue weighted by Crippen LogP contribution is -1.92. The smallest absolute Gasteiger partial charge is 0.141 e. The zero-order valence-electron chi connectivity index (χ0n) is 10.0. The van der Waals surface area contributed by atoms with Crippen LogP contribution in [-0.2, 0) is 6.42 Å². The molecule has 0 aliphatic rings. The normalized spacial score (nSPS) is 10.5. The molecule has 1 heterocycles. The van der Waals surface area contributed by atoms with Gasteiger partial charge in [0, 0.05) is 11.9 Å². The first-order chi connectivity index (χ1) is 8.24. The van der Waals surface area contributed by atoms with Gasteiger partial charge in [-0.25, -0.2) is 4.98 Å². The fourth-order valence-electron chi connectivity index (χ4n) is 1.64. The summed E-state index contributed by atoms with van der Waals surface area (Å²) in [6, 6.07) is 5.15. The van der Waals surface area contributed by atoms with Gasteiger partial charge in [0.05, 0.1) is 12.2 Å². The van der Waals surface area contributed by atoms with Crippen LogP contribution in [0.5, 0.6) is 11.5 Å². The number of aromatic hydroxyl groups is 1. The number of aryl methyl sites for hydroxylation is 1. The van der Waals surface area contributed by atoms with Crippen LogP contribution in [0, 0.1) is 0 Å². The summed E-state index contributed by atoms with van der Waals surface area (Å²) < 4.78 is 5.40. The third-order valence-corrected chi connectivity index (χ3v) is 2.54. The van der Waals surface area contributed by atoms with Gasteiger partial charge < -0.3 is 14.8 Å². The van der Waals surface area contributed by atoms with Crippen molar-refractivity contribution in [3.63, 3.8) is 0 Å². The molecule has 0 amide bonds. The number of aromatic nitrogens is 2. The Morgan fingerprint density at radius 1 is 1.35 bits per heavy atom. The van der Waals surface area contributed by atoms with Crippen molar-refractivity contribution in [1.82, 2.24) is 9.97 Å². The minimum absolute atomic E-state index is 0.199. The maximum Gasteiger partial charge on any atom is 0.141 e. The van der Waals surface area contributed by atoms with E-state index in [2.05, 4.69) is 9.97 Å². The SMILES string of the molecule is CCOc1ccc(O)c(-c2ncc(CC)[nH]2)c1. The Hall–Kier alpha value is -1.97. The molecule has 0 radical (unpaired) electrons. The Morgan fingerprint density at radius 2 is 2.18 bits per heavy atom. The van der Waals surface area contributed by atoms with E-state index in [4.69, 9.17) is 4.74 Å². The van der Waals surface area contributed by atoms with Crippen molar-refractivity contribution < 1.29 is 9.84 Å². The van der Waals surface area contributed by atoms with Gasteiger partial charge >= 0.3 is 0 Å². The number of aromatic amines is 1. The van der Waals surface area contributed by atoms with E-state index in [1.165, 1.54) is 0 Å². The molecule has 0 saturated heterocycles. The molecule has 0 spiro atoms. The summed E-state index contributed by atoms with van der Waals surface area (Å²) in [5, 5.41) is 9.82. The van der Waals surface area contributed by atoms with E-state index in [0.29, 0.717) is 18.0 Å². The van der Waals surface area contributed by atoms with Crippen LogP contribution in [0.2, 0.25) is 0 Å². The van der Waals surface area contributed by atoms with Gasteiger partial charge in [-0.05, 0) is 31.5 Å². The Labute approximate surface area is 100 Å². The number of benzene rings is 1. The summed E-state index contributed by atoms with van der Waals surface area (Å²) in [4.78, 5) is 7.41. The standard InChI is InChI=1S/C13H16N2O2/c1-3-9-8-14-13(15-9)11-7-10(17-4-2)5-6-12(11)16/h5-8,16H,3-4H2,1-2H3,(H,14,15). The van der Waals surface area contributed by atoms with Crippen LogP contribution in [0.1, 0.15) is 19.5 Å². The number of hydrogen-bond acceptors (Lipinski definition) is 3. The van der Waals surface area contributed by atoms with E-state index in [1.807, 2.05) is 13.8 Å². The molecule has 4 nitrogen and oxygen atoms in total. The summed E-state index contributed by atoms with van der Waals surface area (Å²) in [7, 11) is 0. The van der Waals surface area contributed by atoms with E-state index >= 15 is 0 Å². The highest BCUT2D eigenvalue weighted by Gasteiger charge is 2.09. The average Bonchev–Trinajstić information content (AvgIpc) is 2.80. The van der Waals surface area contributed by atoms with Crippen molar-refractivity contribution in [2.24, 2.45) is 0 Å². The second-order valence-electron chi connectivity index (χ2n) is 3.72. The number of nitrogens with one attached hydrogen (secondary N) is 1. The van der Waals surface area contributed by atoms with E-state index in [-0.39, 0.29) is 5.75 Å². The molecule has 0 aliphatic carbocycles. The molecule has 17 heavy (non-hydrogen) atoms. The molecule has 0 aliphatic heterocycles. The Morgan fingerprint density at radius 3 is 2.82 bits per heavy atom. The van der Waals surface area contributed by atoms with Gasteiger partial charge in [0.2, 0.25) is 0 Å². The number of imidazole rings is 1. The molecule has 0 fully saturated rings. The number of nitrogens with zero attached hydrogens (tertiary/aromatic N) is 1. The van der Waals surface area contributed by atoms with Crippen molar-refractivity contribution in [3.05, 3.63) is 30.1 Å². The predicted molar refractivity (Wildman–Crippen MR) is 66.2 cm³/mol. The van der Waals surface area contributed by atoms with E-state index in [9.17, 15) is 5.11 Å². The highest BCUT2D eigenvalue weighted by atomic mass is 16.5. The summed E-state index contributed by atoms with van der Waals surface area (Å²) in [6.45, 7) is 4.57. The average molecular weight is 232 g/mol. The first-order valence-corrected chi connectivity index (χ1v) is 5.74.